The third-order valence-electron chi connectivity index (χ3n) is 4.59. The molecule has 0 heterocycles. The molecule has 0 bridgehead atoms. The molecular weight excluding hydrogens is 392 g/mol. The number of hydrogen-bond acceptors (Lipinski definition) is 5. The molecule has 0 aliphatic carbocycles. The fourth-order valence-corrected chi connectivity index (χ4v) is 3.92. The number of amides is 1. The summed E-state index contributed by atoms with van der Waals surface area (Å²) < 4.78 is 38.7. The molecule has 2 atom stereocenters. The van der Waals surface area contributed by atoms with Gasteiger partial charge < -0.3 is 14.8 Å². The maximum atomic E-state index is 12.9. The molecule has 0 radical (unpaired) electrons. The van der Waals surface area contributed by atoms with Gasteiger partial charge in [0.15, 0.2) is 0 Å². The van der Waals surface area contributed by atoms with Crippen LogP contribution in [0.2, 0.25) is 0 Å². The molecule has 0 spiro atoms. The maximum absolute atomic E-state index is 12.9. The van der Waals surface area contributed by atoms with E-state index < -0.39 is 16.1 Å². The zero-order valence-electron chi connectivity index (χ0n) is 17.1. The van der Waals surface area contributed by atoms with Crippen LogP contribution in [-0.4, -0.2) is 34.6 Å². The number of rotatable bonds is 10. The predicted octanol–water partition coefficient (Wildman–Crippen LogP) is 3.03. The van der Waals surface area contributed by atoms with Crippen molar-refractivity contribution in [3.05, 3.63) is 54.1 Å². The lowest BCUT2D eigenvalue weighted by Crippen LogP contribution is -2.37. The lowest BCUT2D eigenvalue weighted by atomic mass is 10.0. The van der Waals surface area contributed by atoms with Gasteiger partial charge in [0.05, 0.1) is 25.2 Å². The van der Waals surface area contributed by atoms with E-state index in [1.165, 1.54) is 19.2 Å². The van der Waals surface area contributed by atoms with Gasteiger partial charge in [-0.2, -0.15) is 0 Å². The van der Waals surface area contributed by atoms with E-state index >= 15 is 0 Å². The molecule has 29 heavy (non-hydrogen) atoms. The molecule has 2 N–H and O–H groups in total. The first-order chi connectivity index (χ1) is 13.8. The van der Waals surface area contributed by atoms with E-state index in [4.69, 9.17) is 9.47 Å². The molecule has 0 aromatic heterocycles. The molecule has 0 saturated heterocycles. The van der Waals surface area contributed by atoms with Crippen molar-refractivity contribution in [1.82, 2.24) is 10.0 Å². The Morgan fingerprint density at radius 2 is 1.48 bits per heavy atom. The lowest BCUT2D eigenvalue weighted by Gasteiger charge is -2.21. The van der Waals surface area contributed by atoms with Gasteiger partial charge in [-0.3, -0.25) is 4.79 Å². The van der Waals surface area contributed by atoms with Crippen molar-refractivity contribution in [2.75, 3.05) is 14.2 Å². The first kappa shape index (κ1) is 22.7. The number of ether oxygens (including phenoxy) is 2. The minimum atomic E-state index is -3.84. The van der Waals surface area contributed by atoms with Gasteiger partial charge in [0.25, 0.3) is 0 Å². The molecular formula is C21H28N2O5S. The quantitative estimate of drug-likeness (QED) is 0.616. The highest BCUT2D eigenvalue weighted by atomic mass is 32.2. The van der Waals surface area contributed by atoms with Crippen molar-refractivity contribution in [3.8, 4) is 11.5 Å². The highest BCUT2D eigenvalue weighted by Gasteiger charge is 2.24. The summed E-state index contributed by atoms with van der Waals surface area (Å²) in [6, 6.07) is 12.3. The number of hydrogen-bond donors (Lipinski definition) is 2. The molecule has 7 nitrogen and oxygen atoms in total. The molecule has 2 aromatic rings. The minimum Gasteiger partial charge on any atom is -0.497 e. The van der Waals surface area contributed by atoms with Gasteiger partial charge >= 0.3 is 0 Å². The van der Waals surface area contributed by atoms with Gasteiger partial charge in [-0.25, -0.2) is 13.1 Å². The largest absolute Gasteiger partial charge is 0.497 e. The number of carbonyl (C=O) groups is 1. The summed E-state index contributed by atoms with van der Waals surface area (Å²) in [4.78, 5) is 12.5. The summed E-state index contributed by atoms with van der Waals surface area (Å²) in [5.74, 6) is 0.982. The summed E-state index contributed by atoms with van der Waals surface area (Å²) in [7, 11) is -0.779. The third-order valence-corrected chi connectivity index (χ3v) is 6.08. The van der Waals surface area contributed by atoms with E-state index in [2.05, 4.69) is 10.0 Å². The van der Waals surface area contributed by atoms with Gasteiger partial charge in [0.2, 0.25) is 15.9 Å². The summed E-state index contributed by atoms with van der Waals surface area (Å²) in [5, 5.41) is 2.88. The Morgan fingerprint density at radius 1 is 0.966 bits per heavy atom. The van der Waals surface area contributed by atoms with Crippen molar-refractivity contribution >= 4 is 15.9 Å². The van der Waals surface area contributed by atoms with Gasteiger partial charge in [0.1, 0.15) is 11.5 Å². The van der Waals surface area contributed by atoms with Crippen LogP contribution in [0.4, 0.5) is 0 Å². The monoisotopic (exact) mass is 420 g/mol. The van der Waals surface area contributed by atoms with Crippen LogP contribution in [0.5, 0.6) is 11.5 Å². The van der Waals surface area contributed by atoms with E-state index in [0.29, 0.717) is 17.1 Å². The number of carbonyl (C=O) groups excluding carboxylic acids is 1. The van der Waals surface area contributed by atoms with E-state index in [1.807, 2.05) is 13.8 Å². The molecule has 2 aromatic carbocycles. The highest BCUT2D eigenvalue weighted by molar-refractivity contribution is 7.89. The van der Waals surface area contributed by atoms with Gasteiger partial charge in [-0.05, 0) is 55.3 Å². The Hall–Kier alpha value is -2.58. The second-order valence-electron chi connectivity index (χ2n) is 6.70. The second-order valence-corrected chi connectivity index (χ2v) is 8.42. The number of benzene rings is 2. The molecule has 8 heteroatoms. The summed E-state index contributed by atoms with van der Waals surface area (Å²) >= 11 is 0. The minimum absolute atomic E-state index is 0.0113. The van der Waals surface area contributed by atoms with Gasteiger partial charge in [-0.15, -0.1) is 0 Å². The fourth-order valence-electron chi connectivity index (χ4n) is 2.70. The van der Waals surface area contributed by atoms with E-state index in [-0.39, 0.29) is 23.3 Å². The zero-order valence-corrected chi connectivity index (χ0v) is 18.0. The Kier molecular flexibility index (Phi) is 8.04. The van der Waals surface area contributed by atoms with Crippen molar-refractivity contribution in [3.63, 3.8) is 0 Å². The van der Waals surface area contributed by atoms with Gasteiger partial charge in [-0.1, -0.05) is 19.1 Å². The van der Waals surface area contributed by atoms with Crippen LogP contribution in [0.25, 0.3) is 0 Å². The number of sulfonamides is 1. The average Bonchev–Trinajstić information content (AvgIpc) is 2.73. The van der Waals surface area contributed by atoms with Crippen molar-refractivity contribution in [1.29, 1.82) is 0 Å². The molecule has 1 amide bonds. The zero-order chi connectivity index (χ0) is 21.4. The van der Waals surface area contributed by atoms with Crippen LogP contribution in [0.1, 0.15) is 38.3 Å². The van der Waals surface area contributed by atoms with Crippen molar-refractivity contribution < 1.29 is 22.7 Å². The standard InChI is InChI=1S/C21H28N2O5S/c1-5-15(2)22-21(24)14-20(16-6-8-17(27-3)9-7-16)23-29(25,26)19-12-10-18(28-4)11-13-19/h6-13,15,20,23H,5,14H2,1-4H3,(H,22,24). The topological polar surface area (TPSA) is 93.7 Å². The van der Waals surface area contributed by atoms with E-state index in [1.54, 1.807) is 43.5 Å². The summed E-state index contributed by atoms with van der Waals surface area (Å²) in [5.41, 5.74) is 0.669. The molecule has 2 unspecified atom stereocenters. The molecule has 0 aliphatic heterocycles. The van der Waals surface area contributed by atoms with Crippen LogP contribution in [0.15, 0.2) is 53.4 Å². The summed E-state index contributed by atoms with van der Waals surface area (Å²) in [6.45, 7) is 3.88. The molecule has 0 saturated carbocycles. The van der Waals surface area contributed by atoms with Crippen LogP contribution >= 0.6 is 0 Å². The molecule has 0 fully saturated rings. The van der Waals surface area contributed by atoms with Gasteiger partial charge in [0, 0.05) is 12.5 Å². The van der Waals surface area contributed by atoms with E-state index in [9.17, 15) is 13.2 Å². The van der Waals surface area contributed by atoms with E-state index in [0.717, 1.165) is 6.42 Å². The Bertz CT molecular complexity index is 896. The van der Waals surface area contributed by atoms with Crippen LogP contribution in [0.3, 0.4) is 0 Å². The Balaban J connectivity index is 2.28. The first-order valence-electron chi connectivity index (χ1n) is 9.38. The normalized spacial score (nSPS) is 13.4. The average molecular weight is 421 g/mol. The van der Waals surface area contributed by atoms with Crippen LogP contribution in [0, 0.1) is 0 Å². The smallest absolute Gasteiger partial charge is 0.241 e. The summed E-state index contributed by atoms with van der Waals surface area (Å²) in [6.07, 6.45) is 0.766. The van der Waals surface area contributed by atoms with Crippen LogP contribution in [-0.2, 0) is 14.8 Å². The Morgan fingerprint density at radius 3 is 1.97 bits per heavy atom. The third kappa shape index (κ3) is 6.47. The second kappa shape index (κ2) is 10.3. The first-order valence-corrected chi connectivity index (χ1v) is 10.9. The Labute approximate surface area is 172 Å². The maximum Gasteiger partial charge on any atom is 0.241 e. The number of methoxy groups -OCH3 is 2. The molecule has 0 aliphatic rings. The predicted molar refractivity (Wildman–Crippen MR) is 112 cm³/mol. The number of nitrogens with one attached hydrogen (secondary N) is 2. The van der Waals surface area contributed by atoms with Crippen molar-refractivity contribution in [2.24, 2.45) is 0 Å². The molecule has 158 valence electrons. The molecule has 2 rings (SSSR count). The van der Waals surface area contributed by atoms with Crippen molar-refractivity contribution in [2.45, 2.75) is 43.7 Å². The SMILES string of the molecule is CCC(C)NC(=O)CC(NS(=O)(=O)c1ccc(OC)cc1)c1ccc(OC)cc1. The fraction of sp³-hybridized carbons (Fsp3) is 0.381. The lowest BCUT2D eigenvalue weighted by molar-refractivity contribution is -0.122. The van der Waals surface area contributed by atoms with Crippen LogP contribution < -0.4 is 19.5 Å². The highest BCUT2D eigenvalue weighted by Crippen LogP contribution is 2.24.